The molecule has 1 rings (SSSR count). The minimum Gasteiger partial charge on any atom is -0.496 e. The second kappa shape index (κ2) is 7.51. The van der Waals surface area contributed by atoms with Gasteiger partial charge in [0.2, 0.25) is 0 Å². The number of hydrogen-bond donors (Lipinski definition) is 1. The van der Waals surface area contributed by atoms with Gasteiger partial charge in [0.05, 0.1) is 7.11 Å². The van der Waals surface area contributed by atoms with Crippen molar-refractivity contribution in [2.24, 2.45) is 0 Å². The molecule has 0 saturated heterocycles. The van der Waals surface area contributed by atoms with Gasteiger partial charge in [0.25, 0.3) is 0 Å². The first-order valence-electron chi connectivity index (χ1n) is 6.97. The van der Waals surface area contributed by atoms with Gasteiger partial charge in [0, 0.05) is 11.6 Å². The molecule has 0 spiro atoms. The Morgan fingerprint density at radius 3 is 2.47 bits per heavy atom. The monoisotopic (exact) mass is 264 g/mol. The molecule has 1 aromatic rings. The zero-order chi connectivity index (χ0) is 14.4. The summed E-state index contributed by atoms with van der Waals surface area (Å²) < 4.78 is 5.60. The topological polar surface area (TPSA) is 24.5 Å². The van der Waals surface area contributed by atoms with Gasteiger partial charge in [-0.1, -0.05) is 6.07 Å². The van der Waals surface area contributed by atoms with Crippen LogP contribution in [0.4, 0.5) is 0 Å². The van der Waals surface area contributed by atoms with E-state index in [0.717, 1.165) is 25.1 Å². The Balaban J connectivity index is 3.07. The first kappa shape index (κ1) is 16.0. The van der Waals surface area contributed by atoms with Crippen molar-refractivity contribution in [3.8, 4) is 5.75 Å². The lowest BCUT2D eigenvalue weighted by atomic mass is 9.94. The number of hydrogen-bond acceptors (Lipinski definition) is 3. The Bertz CT molecular complexity index is 402. The van der Waals surface area contributed by atoms with E-state index in [4.69, 9.17) is 4.74 Å². The molecule has 0 heterocycles. The van der Waals surface area contributed by atoms with Crippen LogP contribution in [-0.4, -0.2) is 39.7 Å². The average Bonchev–Trinajstić information content (AvgIpc) is 2.34. The second-order valence-electron chi connectivity index (χ2n) is 5.42. The molecule has 0 saturated carbocycles. The van der Waals surface area contributed by atoms with E-state index >= 15 is 0 Å². The lowest BCUT2D eigenvalue weighted by Crippen LogP contribution is -2.23. The minimum atomic E-state index is 0.406. The summed E-state index contributed by atoms with van der Waals surface area (Å²) in [6.07, 6.45) is 2.30. The molecule has 1 N–H and O–H groups in total. The SMILES string of the molecule is CNCCCC(c1c(C)cc(C)cc1OC)N(C)C. The molecule has 1 aromatic carbocycles. The van der Waals surface area contributed by atoms with E-state index in [0.29, 0.717) is 6.04 Å². The molecule has 0 aromatic heterocycles. The molecule has 0 bridgehead atoms. The zero-order valence-corrected chi connectivity index (χ0v) is 13.2. The van der Waals surface area contributed by atoms with Crippen molar-refractivity contribution < 1.29 is 4.74 Å². The number of ether oxygens (including phenoxy) is 1. The lowest BCUT2D eigenvalue weighted by molar-refractivity contribution is 0.269. The molecule has 19 heavy (non-hydrogen) atoms. The maximum Gasteiger partial charge on any atom is 0.124 e. The molecular formula is C16H28N2O. The predicted octanol–water partition coefficient (Wildman–Crippen LogP) is 2.91. The Morgan fingerprint density at radius 2 is 1.95 bits per heavy atom. The normalized spacial score (nSPS) is 12.8. The number of aryl methyl sites for hydroxylation is 2. The first-order valence-corrected chi connectivity index (χ1v) is 6.97. The third-order valence-electron chi connectivity index (χ3n) is 3.57. The lowest BCUT2D eigenvalue weighted by Gasteiger charge is -2.28. The van der Waals surface area contributed by atoms with Crippen molar-refractivity contribution in [3.63, 3.8) is 0 Å². The van der Waals surface area contributed by atoms with E-state index in [9.17, 15) is 0 Å². The van der Waals surface area contributed by atoms with Gasteiger partial charge < -0.3 is 15.0 Å². The van der Waals surface area contributed by atoms with Gasteiger partial charge in [-0.3, -0.25) is 0 Å². The quantitative estimate of drug-likeness (QED) is 0.766. The van der Waals surface area contributed by atoms with E-state index < -0.39 is 0 Å². The van der Waals surface area contributed by atoms with Crippen LogP contribution in [0.5, 0.6) is 5.75 Å². The molecule has 0 aliphatic rings. The van der Waals surface area contributed by atoms with Gasteiger partial charge >= 0.3 is 0 Å². The number of methoxy groups -OCH3 is 1. The molecule has 0 radical (unpaired) electrons. The zero-order valence-electron chi connectivity index (χ0n) is 13.2. The first-order chi connectivity index (χ1) is 9.01. The fourth-order valence-electron chi connectivity index (χ4n) is 2.67. The van der Waals surface area contributed by atoms with Gasteiger partial charge in [-0.25, -0.2) is 0 Å². The fraction of sp³-hybridized carbons (Fsp3) is 0.625. The summed E-state index contributed by atoms with van der Waals surface area (Å²) in [7, 11) is 8.05. The van der Waals surface area contributed by atoms with Crippen LogP contribution >= 0.6 is 0 Å². The van der Waals surface area contributed by atoms with Gasteiger partial charge in [0.15, 0.2) is 0 Å². The summed E-state index contributed by atoms with van der Waals surface area (Å²) in [5.41, 5.74) is 3.90. The average molecular weight is 264 g/mol. The number of rotatable bonds is 7. The van der Waals surface area contributed by atoms with Crippen molar-refractivity contribution in [1.29, 1.82) is 0 Å². The third kappa shape index (κ3) is 4.22. The Labute approximate surface area is 118 Å². The molecule has 3 nitrogen and oxygen atoms in total. The summed E-state index contributed by atoms with van der Waals surface area (Å²) in [4.78, 5) is 2.29. The Hall–Kier alpha value is -1.06. The van der Waals surface area contributed by atoms with Crippen LogP contribution in [0.15, 0.2) is 12.1 Å². The Morgan fingerprint density at radius 1 is 1.26 bits per heavy atom. The number of nitrogens with zero attached hydrogens (tertiary/aromatic N) is 1. The van der Waals surface area contributed by atoms with Crippen molar-refractivity contribution >= 4 is 0 Å². The molecule has 1 atom stereocenters. The van der Waals surface area contributed by atoms with Crippen LogP contribution in [0.1, 0.15) is 35.6 Å². The minimum absolute atomic E-state index is 0.406. The van der Waals surface area contributed by atoms with Gasteiger partial charge in [-0.2, -0.15) is 0 Å². The molecule has 1 unspecified atom stereocenters. The van der Waals surface area contributed by atoms with E-state index in [1.807, 2.05) is 7.05 Å². The van der Waals surface area contributed by atoms with Gasteiger partial charge in [-0.15, -0.1) is 0 Å². The summed E-state index contributed by atoms with van der Waals surface area (Å²) in [5.74, 6) is 1.01. The van der Waals surface area contributed by atoms with E-state index in [1.54, 1.807) is 7.11 Å². The highest BCUT2D eigenvalue weighted by molar-refractivity contribution is 5.45. The van der Waals surface area contributed by atoms with Gasteiger partial charge in [0.1, 0.15) is 5.75 Å². The van der Waals surface area contributed by atoms with Crippen LogP contribution in [0, 0.1) is 13.8 Å². The van der Waals surface area contributed by atoms with Gasteiger partial charge in [-0.05, 0) is 71.6 Å². The van der Waals surface area contributed by atoms with Crippen LogP contribution < -0.4 is 10.1 Å². The highest BCUT2D eigenvalue weighted by Crippen LogP contribution is 2.34. The van der Waals surface area contributed by atoms with Crippen molar-refractivity contribution in [2.45, 2.75) is 32.7 Å². The number of benzene rings is 1. The van der Waals surface area contributed by atoms with Crippen molar-refractivity contribution in [1.82, 2.24) is 10.2 Å². The standard InChI is InChI=1S/C16H28N2O/c1-12-10-13(2)16(15(11-12)19-6)14(18(4)5)8-7-9-17-3/h10-11,14,17H,7-9H2,1-6H3. The molecule has 108 valence electrons. The summed E-state index contributed by atoms with van der Waals surface area (Å²) in [6, 6.07) is 4.78. The predicted molar refractivity (Wildman–Crippen MR) is 82.1 cm³/mol. The largest absolute Gasteiger partial charge is 0.496 e. The van der Waals surface area contributed by atoms with Crippen LogP contribution in [-0.2, 0) is 0 Å². The maximum atomic E-state index is 5.60. The second-order valence-corrected chi connectivity index (χ2v) is 5.42. The molecule has 3 heteroatoms. The highest BCUT2D eigenvalue weighted by Gasteiger charge is 2.20. The molecule has 0 fully saturated rings. The third-order valence-corrected chi connectivity index (χ3v) is 3.57. The smallest absolute Gasteiger partial charge is 0.124 e. The van der Waals surface area contributed by atoms with Crippen LogP contribution in [0.25, 0.3) is 0 Å². The van der Waals surface area contributed by atoms with E-state index in [1.165, 1.54) is 16.7 Å². The highest BCUT2D eigenvalue weighted by atomic mass is 16.5. The molecule has 0 aliphatic heterocycles. The summed E-state index contributed by atoms with van der Waals surface area (Å²) in [5, 5.41) is 3.22. The molecular weight excluding hydrogens is 236 g/mol. The fourth-order valence-corrected chi connectivity index (χ4v) is 2.67. The van der Waals surface area contributed by atoms with Crippen molar-refractivity contribution in [3.05, 3.63) is 28.8 Å². The maximum absolute atomic E-state index is 5.60. The van der Waals surface area contributed by atoms with Crippen LogP contribution in [0.3, 0.4) is 0 Å². The summed E-state index contributed by atoms with van der Waals surface area (Å²) >= 11 is 0. The summed E-state index contributed by atoms with van der Waals surface area (Å²) in [6.45, 7) is 5.35. The van der Waals surface area contributed by atoms with E-state index in [-0.39, 0.29) is 0 Å². The Kier molecular flexibility index (Phi) is 6.32. The van der Waals surface area contributed by atoms with Crippen molar-refractivity contribution in [2.75, 3.05) is 34.8 Å². The molecule has 0 amide bonds. The van der Waals surface area contributed by atoms with E-state index in [2.05, 4.69) is 50.3 Å². The number of nitrogens with one attached hydrogen (secondary N) is 1. The molecule has 0 aliphatic carbocycles. The van der Waals surface area contributed by atoms with Crippen LogP contribution in [0.2, 0.25) is 0 Å².